The molecule has 0 saturated carbocycles. The predicted molar refractivity (Wildman–Crippen MR) is 146 cm³/mol. The maximum Gasteiger partial charge on any atom is 0.333 e. The first-order valence-electron chi connectivity index (χ1n) is 11.7. The molecule has 4 nitrogen and oxygen atoms in total. The van der Waals surface area contributed by atoms with Crippen LogP contribution in [0.25, 0.3) is 24.3 Å². The van der Waals surface area contributed by atoms with Gasteiger partial charge >= 0.3 is 11.9 Å². The molecule has 3 rings (SSSR count). The minimum atomic E-state index is -0.436. The van der Waals surface area contributed by atoms with Crippen LogP contribution in [-0.2, 0) is 32.3 Å². The Balaban J connectivity index is 1.64. The van der Waals surface area contributed by atoms with E-state index in [-0.39, 0.29) is 19.0 Å². The first-order valence-corrected chi connectivity index (χ1v) is 11.7. The Bertz CT molecular complexity index is 1380. The lowest BCUT2D eigenvalue weighted by Crippen LogP contribution is -2.04. The SMILES string of the molecule is C=C(C)C(=O)OCc1cccc(C=Cc2ccc(C=Cc3cccc(COC(=O)C(=C)C)c3)c(F)c2)c1. The molecule has 188 valence electrons. The molecule has 0 saturated heterocycles. The molecule has 3 aromatic rings. The summed E-state index contributed by atoms with van der Waals surface area (Å²) in [5, 5.41) is 0. The molecule has 0 unspecified atom stereocenters. The lowest BCUT2D eigenvalue weighted by Gasteiger charge is -2.05. The molecule has 0 fully saturated rings. The van der Waals surface area contributed by atoms with Crippen LogP contribution in [0.5, 0.6) is 0 Å². The Morgan fingerprint density at radius 2 is 1.16 bits per heavy atom. The lowest BCUT2D eigenvalue weighted by atomic mass is 10.1. The van der Waals surface area contributed by atoms with Crippen LogP contribution >= 0.6 is 0 Å². The van der Waals surface area contributed by atoms with E-state index in [0.29, 0.717) is 16.7 Å². The Labute approximate surface area is 217 Å². The van der Waals surface area contributed by atoms with Gasteiger partial charge in [-0.15, -0.1) is 0 Å². The summed E-state index contributed by atoms with van der Waals surface area (Å²) in [6, 6.07) is 20.1. The second-order valence-electron chi connectivity index (χ2n) is 8.65. The third-order valence-corrected chi connectivity index (χ3v) is 5.29. The third-order valence-electron chi connectivity index (χ3n) is 5.29. The summed E-state index contributed by atoms with van der Waals surface area (Å²) >= 11 is 0. The molecule has 0 aliphatic heterocycles. The van der Waals surface area contributed by atoms with Crippen molar-refractivity contribution in [2.24, 2.45) is 0 Å². The van der Waals surface area contributed by atoms with Crippen LogP contribution < -0.4 is 0 Å². The van der Waals surface area contributed by atoms with Gasteiger partial charge in [0.1, 0.15) is 19.0 Å². The van der Waals surface area contributed by atoms with E-state index < -0.39 is 11.9 Å². The van der Waals surface area contributed by atoms with Crippen LogP contribution in [0.1, 0.15) is 47.2 Å². The second kappa shape index (κ2) is 13.0. The highest BCUT2D eigenvalue weighted by molar-refractivity contribution is 5.87. The van der Waals surface area contributed by atoms with Crippen molar-refractivity contribution in [1.82, 2.24) is 0 Å². The van der Waals surface area contributed by atoms with E-state index in [9.17, 15) is 14.0 Å². The van der Waals surface area contributed by atoms with Gasteiger partial charge in [-0.2, -0.15) is 0 Å². The molecule has 37 heavy (non-hydrogen) atoms. The summed E-state index contributed by atoms with van der Waals surface area (Å²) < 4.78 is 25.1. The largest absolute Gasteiger partial charge is 0.457 e. The van der Waals surface area contributed by atoms with Crippen molar-refractivity contribution >= 4 is 36.2 Å². The lowest BCUT2D eigenvalue weighted by molar-refractivity contribution is -0.141. The number of ether oxygens (including phenoxy) is 2. The molecule has 0 radical (unpaired) electrons. The van der Waals surface area contributed by atoms with Gasteiger partial charge in [0, 0.05) is 16.7 Å². The van der Waals surface area contributed by atoms with Crippen LogP contribution in [0, 0.1) is 5.82 Å². The van der Waals surface area contributed by atoms with Gasteiger partial charge in [0.2, 0.25) is 0 Å². The summed E-state index contributed by atoms with van der Waals surface area (Å²) in [5.41, 5.74) is 5.32. The first kappa shape index (κ1) is 27.1. The maximum atomic E-state index is 14.7. The summed E-state index contributed by atoms with van der Waals surface area (Å²) in [6.45, 7) is 10.6. The molecule has 0 spiro atoms. The van der Waals surface area contributed by atoms with E-state index in [1.807, 2.05) is 72.8 Å². The van der Waals surface area contributed by atoms with Crippen molar-refractivity contribution in [2.75, 3.05) is 0 Å². The van der Waals surface area contributed by atoms with Crippen LogP contribution in [-0.4, -0.2) is 11.9 Å². The van der Waals surface area contributed by atoms with Gasteiger partial charge in [0.25, 0.3) is 0 Å². The van der Waals surface area contributed by atoms with Gasteiger partial charge in [-0.3, -0.25) is 0 Å². The molecule has 5 heteroatoms. The third kappa shape index (κ3) is 8.58. The number of benzene rings is 3. The molecule has 0 atom stereocenters. The van der Waals surface area contributed by atoms with Crippen molar-refractivity contribution in [3.05, 3.63) is 130 Å². The van der Waals surface area contributed by atoms with E-state index in [1.165, 1.54) is 6.07 Å². The number of rotatable bonds is 10. The maximum absolute atomic E-state index is 14.7. The van der Waals surface area contributed by atoms with Crippen molar-refractivity contribution in [3.8, 4) is 0 Å². The zero-order chi connectivity index (χ0) is 26.8. The Morgan fingerprint density at radius 1 is 0.703 bits per heavy atom. The fourth-order valence-corrected chi connectivity index (χ4v) is 3.28. The average molecular weight is 497 g/mol. The van der Waals surface area contributed by atoms with Gasteiger partial charge in [-0.1, -0.05) is 86.0 Å². The Morgan fingerprint density at radius 3 is 1.62 bits per heavy atom. The van der Waals surface area contributed by atoms with Crippen LogP contribution in [0.15, 0.2) is 91.0 Å². The van der Waals surface area contributed by atoms with E-state index in [0.717, 1.165) is 27.8 Å². The number of hydrogen-bond acceptors (Lipinski definition) is 4. The molecule has 3 aromatic carbocycles. The molecule has 0 amide bonds. The quantitative estimate of drug-likeness (QED) is 0.167. The highest BCUT2D eigenvalue weighted by atomic mass is 19.1. The monoisotopic (exact) mass is 496 g/mol. The van der Waals surface area contributed by atoms with Crippen molar-refractivity contribution in [3.63, 3.8) is 0 Å². The Kier molecular flexibility index (Phi) is 9.50. The van der Waals surface area contributed by atoms with Crippen molar-refractivity contribution in [2.45, 2.75) is 27.1 Å². The smallest absolute Gasteiger partial charge is 0.333 e. The first-order chi connectivity index (χ1) is 17.7. The van der Waals surface area contributed by atoms with Gasteiger partial charge in [0.15, 0.2) is 0 Å². The zero-order valence-electron chi connectivity index (χ0n) is 21.0. The number of carbonyl (C=O) groups excluding carboxylic acids is 2. The molecule has 0 N–H and O–H groups in total. The predicted octanol–water partition coefficient (Wildman–Crippen LogP) is 7.41. The number of esters is 2. The van der Waals surface area contributed by atoms with Crippen molar-refractivity contribution in [1.29, 1.82) is 0 Å². The minimum absolute atomic E-state index is 0.144. The fourth-order valence-electron chi connectivity index (χ4n) is 3.28. The fraction of sp³-hybridized carbons (Fsp3) is 0.125. The molecule has 0 aliphatic carbocycles. The van der Waals surface area contributed by atoms with Crippen LogP contribution in [0.3, 0.4) is 0 Å². The molecule has 0 heterocycles. The highest BCUT2D eigenvalue weighted by Gasteiger charge is 2.05. The van der Waals surface area contributed by atoms with Gasteiger partial charge in [0.05, 0.1) is 0 Å². The van der Waals surface area contributed by atoms with Crippen molar-refractivity contribution < 1.29 is 23.5 Å². The molecule has 0 bridgehead atoms. The summed E-state index contributed by atoms with van der Waals surface area (Å²) in [4.78, 5) is 23.2. The molecular weight excluding hydrogens is 467 g/mol. The standard InChI is InChI=1S/C32H29FO4/c1-22(2)31(34)36-20-27-9-5-7-24(17-27)11-12-26-14-16-29(30(33)19-26)15-13-25-8-6-10-28(18-25)21-37-32(35)23(3)4/h5-19H,1,3,20-21H2,2,4H3. The minimum Gasteiger partial charge on any atom is -0.457 e. The molecule has 0 aromatic heterocycles. The normalized spacial score (nSPS) is 11.0. The molecule has 0 aliphatic rings. The molecular formula is C32H29FO4. The number of carbonyl (C=O) groups is 2. The highest BCUT2D eigenvalue weighted by Crippen LogP contribution is 2.18. The summed E-state index contributed by atoms with van der Waals surface area (Å²) in [7, 11) is 0. The zero-order valence-corrected chi connectivity index (χ0v) is 21.0. The average Bonchev–Trinajstić information content (AvgIpc) is 2.89. The van der Waals surface area contributed by atoms with Gasteiger partial charge in [-0.25, -0.2) is 14.0 Å². The van der Waals surface area contributed by atoms with E-state index in [1.54, 1.807) is 26.0 Å². The topological polar surface area (TPSA) is 52.6 Å². The summed E-state index contributed by atoms with van der Waals surface area (Å²) in [6.07, 6.45) is 7.22. The van der Waals surface area contributed by atoms with Gasteiger partial charge in [-0.05, 0) is 59.9 Å². The number of hydrogen-bond donors (Lipinski definition) is 0. The summed E-state index contributed by atoms with van der Waals surface area (Å²) in [5.74, 6) is -1.21. The Hall–Kier alpha value is -4.51. The second-order valence-corrected chi connectivity index (χ2v) is 8.65. The van der Waals surface area contributed by atoms with E-state index in [4.69, 9.17) is 9.47 Å². The van der Waals surface area contributed by atoms with Crippen LogP contribution in [0.4, 0.5) is 4.39 Å². The van der Waals surface area contributed by atoms with E-state index >= 15 is 0 Å². The van der Waals surface area contributed by atoms with E-state index in [2.05, 4.69) is 13.2 Å². The number of halogens is 1. The van der Waals surface area contributed by atoms with Gasteiger partial charge < -0.3 is 9.47 Å². The van der Waals surface area contributed by atoms with Crippen LogP contribution in [0.2, 0.25) is 0 Å².